The predicted octanol–water partition coefficient (Wildman–Crippen LogP) is 2.97. The summed E-state index contributed by atoms with van der Waals surface area (Å²) in [6.45, 7) is 2.39. The molecule has 0 fully saturated rings. The van der Waals surface area contributed by atoms with Crippen LogP contribution in [0, 0.1) is 0 Å². The molecule has 3 nitrogen and oxygen atoms in total. The molecule has 0 saturated heterocycles. The van der Waals surface area contributed by atoms with Crippen molar-refractivity contribution in [1.82, 2.24) is 5.32 Å². The minimum absolute atomic E-state index is 0.381. The molecule has 5 heteroatoms. The van der Waals surface area contributed by atoms with E-state index in [0.29, 0.717) is 19.8 Å². The Kier molecular flexibility index (Phi) is 5.43. The monoisotopic (exact) mass is 323 g/mol. The summed E-state index contributed by atoms with van der Waals surface area (Å²) in [5.41, 5.74) is 1.54. The molecule has 0 saturated carbocycles. The molecule has 2 aromatic heterocycles. The van der Waals surface area contributed by atoms with Crippen LogP contribution >= 0.6 is 22.7 Å². The van der Waals surface area contributed by atoms with Gasteiger partial charge in [-0.2, -0.15) is 0 Å². The number of ether oxygens (including phenoxy) is 1. The first kappa shape index (κ1) is 15.2. The molecule has 1 unspecified atom stereocenters. The predicted molar refractivity (Wildman–Crippen MR) is 88.0 cm³/mol. The van der Waals surface area contributed by atoms with Crippen LogP contribution in [-0.2, 0) is 30.7 Å². The third-order valence-corrected chi connectivity index (χ3v) is 5.70. The van der Waals surface area contributed by atoms with Crippen molar-refractivity contribution in [2.45, 2.75) is 38.5 Å². The van der Waals surface area contributed by atoms with E-state index in [1.54, 1.807) is 16.2 Å². The van der Waals surface area contributed by atoms with E-state index in [4.69, 9.17) is 4.74 Å². The van der Waals surface area contributed by atoms with Gasteiger partial charge in [0.15, 0.2) is 0 Å². The highest BCUT2D eigenvalue weighted by molar-refractivity contribution is 7.12. The molecule has 1 aliphatic rings. The van der Waals surface area contributed by atoms with Crippen molar-refractivity contribution in [1.29, 1.82) is 0 Å². The first-order valence-corrected chi connectivity index (χ1v) is 9.10. The van der Waals surface area contributed by atoms with E-state index in [2.05, 4.69) is 11.4 Å². The number of aliphatic hydroxyl groups is 1. The van der Waals surface area contributed by atoms with Gasteiger partial charge in [0, 0.05) is 27.7 Å². The van der Waals surface area contributed by atoms with Gasteiger partial charge >= 0.3 is 0 Å². The lowest BCUT2D eigenvalue weighted by Gasteiger charge is -2.11. The molecule has 114 valence electrons. The van der Waals surface area contributed by atoms with Crippen LogP contribution in [0.5, 0.6) is 0 Å². The van der Waals surface area contributed by atoms with E-state index in [1.807, 2.05) is 28.8 Å². The number of aryl methyl sites for hydroxylation is 2. The molecule has 1 atom stereocenters. The second-order valence-corrected chi connectivity index (χ2v) is 7.65. The summed E-state index contributed by atoms with van der Waals surface area (Å²) in [7, 11) is 0. The zero-order chi connectivity index (χ0) is 14.5. The normalized spacial score (nSPS) is 15.3. The van der Waals surface area contributed by atoms with Crippen LogP contribution in [0.25, 0.3) is 0 Å². The van der Waals surface area contributed by atoms with E-state index in [0.717, 1.165) is 6.54 Å². The number of thiophene rings is 2. The Bertz CT molecular complexity index is 529. The number of fused-ring (bicyclic) bond motifs is 1. The van der Waals surface area contributed by atoms with Gasteiger partial charge in [0.1, 0.15) is 0 Å². The molecule has 1 aliphatic carbocycles. The molecule has 0 bridgehead atoms. The number of hydrogen-bond acceptors (Lipinski definition) is 5. The molecule has 2 aromatic rings. The highest BCUT2D eigenvalue weighted by Crippen LogP contribution is 2.30. The largest absolute Gasteiger partial charge is 0.389 e. The fourth-order valence-corrected chi connectivity index (χ4v) is 4.46. The number of aliphatic hydroxyl groups excluding tert-OH is 1. The van der Waals surface area contributed by atoms with Crippen LogP contribution in [0.3, 0.4) is 0 Å². The minimum Gasteiger partial charge on any atom is -0.389 e. The Morgan fingerprint density at radius 1 is 1.33 bits per heavy atom. The molecule has 3 rings (SSSR count). The summed E-state index contributed by atoms with van der Waals surface area (Å²) in [6.07, 6.45) is 3.36. The Balaban J connectivity index is 1.31. The molecule has 0 aromatic carbocycles. The second-order valence-electron chi connectivity index (χ2n) is 5.39. The van der Waals surface area contributed by atoms with E-state index in [9.17, 15) is 5.11 Å². The van der Waals surface area contributed by atoms with Gasteiger partial charge in [0.2, 0.25) is 0 Å². The Labute approximate surface area is 133 Å². The third kappa shape index (κ3) is 4.37. The van der Waals surface area contributed by atoms with E-state index in [-0.39, 0.29) is 0 Å². The molecule has 0 aliphatic heterocycles. The fourth-order valence-electron chi connectivity index (χ4n) is 2.59. The molecular formula is C16H21NO2S2. The third-order valence-electron chi connectivity index (χ3n) is 3.61. The lowest BCUT2D eigenvalue weighted by atomic mass is 10.2. The maximum absolute atomic E-state index is 9.89. The first-order chi connectivity index (χ1) is 10.3. The number of nitrogens with one attached hydrogen (secondary N) is 1. The molecule has 0 amide bonds. The average Bonchev–Trinajstić information content (AvgIpc) is 3.14. The van der Waals surface area contributed by atoms with Gasteiger partial charge < -0.3 is 15.2 Å². The van der Waals surface area contributed by atoms with Crippen LogP contribution in [0.15, 0.2) is 23.6 Å². The zero-order valence-electron chi connectivity index (χ0n) is 12.0. The molecular weight excluding hydrogens is 302 g/mol. The zero-order valence-corrected chi connectivity index (χ0v) is 13.6. The van der Waals surface area contributed by atoms with Gasteiger partial charge in [-0.3, -0.25) is 0 Å². The highest BCUT2D eigenvalue weighted by Gasteiger charge is 2.14. The SMILES string of the molecule is OC(CNCc1cc2c(s1)CCC2)COCc1cccs1. The summed E-state index contributed by atoms with van der Waals surface area (Å²) in [6, 6.07) is 6.38. The van der Waals surface area contributed by atoms with Gasteiger partial charge in [-0.1, -0.05) is 6.07 Å². The Morgan fingerprint density at radius 3 is 3.10 bits per heavy atom. The highest BCUT2D eigenvalue weighted by atomic mass is 32.1. The van der Waals surface area contributed by atoms with Crippen LogP contribution < -0.4 is 5.32 Å². The van der Waals surface area contributed by atoms with Crippen molar-refractivity contribution in [3.05, 3.63) is 43.8 Å². The Hall–Kier alpha value is -0.720. The molecule has 2 heterocycles. The van der Waals surface area contributed by atoms with Crippen LogP contribution in [-0.4, -0.2) is 24.4 Å². The topological polar surface area (TPSA) is 41.5 Å². The lowest BCUT2D eigenvalue weighted by Crippen LogP contribution is -2.29. The molecule has 21 heavy (non-hydrogen) atoms. The number of hydrogen-bond donors (Lipinski definition) is 2. The van der Waals surface area contributed by atoms with Crippen LogP contribution in [0.4, 0.5) is 0 Å². The summed E-state index contributed by atoms with van der Waals surface area (Å²) in [4.78, 5) is 4.14. The van der Waals surface area contributed by atoms with E-state index in [1.165, 1.54) is 34.6 Å². The van der Waals surface area contributed by atoms with Crippen molar-refractivity contribution in [2.24, 2.45) is 0 Å². The standard InChI is InChI=1S/C16H21NO2S2/c18-13(10-19-11-14-4-2-6-20-14)8-17-9-15-7-12-3-1-5-16(12)21-15/h2,4,6-7,13,17-18H,1,3,5,8-11H2. The van der Waals surface area contributed by atoms with Gasteiger partial charge in [0.25, 0.3) is 0 Å². The second kappa shape index (κ2) is 7.51. The van der Waals surface area contributed by atoms with Crippen molar-refractivity contribution >= 4 is 22.7 Å². The fraction of sp³-hybridized carbons (Fsp3) is 0.500. The summed E-state index contributed by atoms with van der Waals surface area (Å²) < 4.78 is 5.52. The number of rotatable bonds is 8. The first-order valence-electron chi connectivity index (χ1n) is 7.40. The Morgan fingerprint density at radius 2 is 2.29 bits per heavy atom. The van der Waals surface area contributed by atoms with Crippen LogP contribution in [0.1, 0.15) is 26.6 Å². The summed E-state index contributed by atoms with van der Waals surface area (Å²) >= 11 is 3.60. The summed E-state index contributed by atoms with van der Waals surface area (Å²) in [5.74, 6) is 0. The molecule has 0 radical (unpaired) electrons. The van der Waals surface area contributed by atoms with Gasteiger partial charge in [0.05, 0.1) is 19.3 Å². The maximum atomic E-state index is 9.89. The quantitative estimate of drug-likeness (QED) is 0.785. The van der Waals surface area contributed by atoms with Crippen molar-refractivity contribution in [3.8, 4) is 0 Å². The van der Waals surface area contributed by atoms with Crippen molar-refractivity contribution < 1.29 is 9.84 Å². The maximum Gasteiger partial charge on any atom is 0.0897 e. The lowest BCUT2D eigenvalue weighted by molar-refractivity contribution is 0.0297. The van der Waals surface area contributed by atoms with Crippen molar-refractivity contribution in [2.75, 3.05) is 13.2 Å². The summed E-state index contributed by atoms with van der Waals surface area (Å²) in [5, 5.41) is 15.2. The average molecular weight is 323 g/mol. The van der Waals surface area contributed by atoms with Crippen LogP contribution in [0.2, 0.25) is 0 Å². The van der Waals surface area contributed by atoms with E-state index < -0.39 is 6.10 Å². The van der Waals surface area contributed by atoms with Gasteiger partial charge in [-0.25, -0.2) is 0 Å². The molecule has 0 spiro atoms. The van der Waals surface area contributed by atoms with Gasteiger partial charge in [-0.05, 0) is 42.3 Å². The van der Waals surface area contributed by atoms with Gasteiger partial charge in [-0.15, -0.1) is 22.7 Å². The van der Waals surface area contributed by atoms with E-state index >= 15 is 0 Å². The van der Waals surface area contributed by atoms with Crippen molar-refractivity contribution in [3.63, 3.8) is 0 Å². The minimum atomic E-state index is -0.447. The molecule has 2 N–H and O–H groups in total. The smallest absolute Gasteiger partial charge is 0.0897 e.